The van der Waals surface area contributed by atoms with Gasteiger partial charge in [-0.2, -0.15) is 28.1 Å². The molecular weight excluding hydrogens is 275 g/mol. The van der Waals surface area contributed by atoms with Gasteiger partial charge in [0.15, 0.2) is 5.82 Å². The first kappa shape index (κ1) is 13.8. The van der Waals surface area contributed by atoms with E-state index < -0.39 is 11.7 Å². The Balaban J connectivity index is 2.11. The van der Waals surface area contributed by atoms with Crippen LogP contribution in [0.2, 0.25) is 0 Å². The van der Waals surface area contributed by atoms with Crippen molar-refractivity contribution in [2.75, 3.05) is 11.5 Å². The molecule has 0 amide bonds. The van der Waals surface area contributed by atoms with Crippen LogP contribution in [0.1, 0.15) is 11.4 Å². The van der Waals surface area contributed by atoms with Crippen molar-refractivity contribution < 1.29 is 17.9 Å². The summed E-state index contributed by atoms with van der Waals surface area (Å²) < 4.78 is 42.7. The minimum absolute atomic E-state index is 0.0392. The molecule has 6 nitrogen and oxygen atoms in total. The quantitative estimate of drug-likeness (QED) is 0.889. The molecule has 0 radical (unpaired) electrons. The third-order valence-corrected chi connectivity index (χ3v) is 2.25. The van der Waals surface area contributed by atoms with Crippen LogP contribution >= 0.6 is 0 Å². The summed E-state index contributed by atoms with van der Waals surface area (Å²) in [5.74, 6) is 0.00470. The van der Waals surface area contributed by atoms with Gasteiger partial charge in [-0.05, 0) is 18.2 Å². The molecule has 0 spiro atoms. The van der Waals surface area contributed by atoms with Crippen molar-refractivity contribution in [2.24, 2.45) is 0 Å². The van der Waals surface area contributed by atoms with E-state index in [2.05, 4.69) is 15.0 Å². The van der Waals surface area contributed by atoms with E-state index in [0.29, 0.717) is 0 Å². The van der Waals surface area contributed by atoms with Crippen LogP contribution < -0.4 is 16.2 Å². The number of nitrogens with two attached hydrogens (primary N) is 2. The molecule has 1 aromatic carbocycles. The Morgan fingerprint density at radius 1 is 1.05 bits per heavy atom. The van der Waals surface area contributed by atoms with E-state index in [1.54, 1.807) is 0 Å². The Labute approximate surface area is 111 Å². The molecule has 0 unspecified atom stereocenters. The third-order valence-electron chi connectivity index (χ3n) is 2.25. The van der Waals surface area contributed by atoms with Crippen molar-refractivity contribution in [3.8, 4) is 5.75 Å². The number of aromatic nitrogens is 3. The van der Waals surface area contributed by atoms with Crippen LogP contribution in [0.15, 0.2) is 24.3 Å². The van der Waals surface area contributed by atoms with E-state index >= 15 is 0 Å². The minimum Gasteiger partial charge on any atom is -0.486 e. The van der Waals surface area contributed by atoms with Crippen LogP contribution in [0.5, 0.6) is 5.75 Å². The van der Waals surface area contributed by atoms with Gasteiger partial charge in [0.1, 0.15) is 12.4 Å². The summed E-state index contributed by atoms with van der Waals surface area (Å²) in [6.45, 7) is -0.168. The van der Waals surface area contributed by atoms with Gasteiger partial charge >= 0.3 is 6.18 Å². The maximum Gasteiger partial charge on any atom is 0.416 e. The second-order valence-electron chi connectivity index (χ2n) is 3.78. The number of benzene rings is 1. The maximum atomic E-state index is 12.5. The molecule has 2 rings (SSSR count). The maximum absolute atomic E-state index is 12.5. The average molecular weight is 285 g/mol. The zero-order valence-electron chi connectivity index (χ0n) is 10.1. The molecule has 1 aromatic heterocycles. The van der Waals surface area contributed by atoms with Crippen molar-refractivity contribution in [1.82, 2.24) is 15.0 Å². The van der Waals surface area contributed by atoms with Crippen molar-refractivity contribution >= 4 is 11.9 Å². The van der Waals surface area contributed by atoms with E-state index in [4.69, 9.17) is 16.2 Å². The van der Waals surface area contributed by atoms with Gasteiger partial charge in [-0.15, -0.1) is 0 Å². The predicted octanol–water partition coefficient (Wildman–Crippen LogP) is 1.63. The van der Waals surface area contributed by atoms with Crippen LogP contribution in [-0.2, 0) is 12.8 Å². The molecule has 0 saturated heterocycles. The van der Waals surface area contributed by atoms with Gasteiger partial charge in [-0.1, -0.05) is 6.07 Å². The van der Waals surface area contributed by atoms with Gasteiger partial charge in [0, 0.05) is 0 Å². The molecule has 0 atom stereocenters. The third kappa shape index (κ3) is 3.46. The fourth-order valence-electron chi connectivity index (χ4n) is 1.43. The monoisotopic (exact) mass is 285 g/mol. The average Bonchev–Trinajstić information content (AvgIpc) is 2.35. The lowest BCUT2D eigenvalue weighted by Gasteiger charge is -2.09. The van der Waals surface area contributed by atoms with Crippen LogP contribution in [0.25, 0.3) is 0 Å². The standard InChI is InChI=1S/C11H10F3N5O/c12-11(13,14)6-2-1-3-7(4-6)20-5-8-17-9(15)19-10(16)18-8/h1-4H,5H2,(H4,15,16,17,18,19). The first-order chi connectivity index (χ1) is 9.34. The predicted molar refractivity (Wildman–Crippen MR) is 64.4 cm³/mol. The van der Waals surface area contributed by atoms with E-state index in [9.17, 15) is 13.2 Å². The fourth-order valence-corrected chi connectivity index (χ4v) is 1.43. The number of halogens is 3. The number of hydrogen-bond donors (Lipinski definition) is 2. The minimum atomic E-state index is -4.43. The molecule has 106 valence electrons. The molecule has 4 N–H and O–H groups in total. The summed E-state index contributed by atoms with van der Waals surface area (Å²) in [5.41, 5.74) is 9.92. The van der Waals surface area contributed by atoms with Crippen LogP contribution in [0.4, 0.5) is 25.1 Å². The molecule has 0 fully saturated rings. The van der Waals surface area contributed by atoms with Crippen molar-refractivity contribution in [3.63, 3.8) is 0 Å². The SMILES string of the molecule is Nc1nc(N)nc(COc2cccc(C(F)(F)F)c2)n1. The van der Waals surface area contributed by atoms with Gasteiger partial charge < -0.3 is 16.2 Å². The lowest BCUT2D eigenvalue weighted by atomic mass is 10.2. The molecule has 9 heteroatoms. The second kappa shape index (κ2) is 5.19. The molecular formula is C11H10F3N5O. The number of nitrogen functional groups attached to an aromatic ring is 2. The number of ether oxygens (including phenoxy) is 1. The van der Waals surface area contributed by atoms with Gasteiger partial charge in [-0.3, -0.25) is 0 Å². The number of hydrogen-bond acceptors (Lipinski definition) is 6. The van der Waals surface area contributed by atoms with E-state index in [1.807, 2.05) is 0 Å². The summed E-state index contributed by atoms with van der Waals surface area (Å²) >= 11 is 0. The van der Waals surface area contributed by atoms with Gasteiger partial charge in [0.25, 0.3) is 0 Å². The molecule has 20 heavy (non-hydrogen) atoms. The Kier molecular flexibility index (Phi) is 3.59. The number of rotatable bonds is 3. The highest BCUT2D eigenvalue weighted by Gasteiger charge is 2.30. The van der Waals surface area contributed by atoms with Gasteiger partial charge in [0.2, 0.25) is 11.9 Å². The van der Waals surface area contributed by atoms with Gasteiger partial charge in [-0.25, -0.2) is 0 Å². The molecule has 0 bridgehead atoms. The number of anilines is 2. The van der Waals surface area contributed by atoms with Crippen LogP contribution in [0.3, 0.4) is 0 Å². The molecule has 2 aromatic rings. The Morgan fingerprint density at radius 2 is 1.70 bits per heavy atom. The zero-order valence-corrected chi connectivity index (χ0v) is 10.1. The summed E-state index contributed by atoms with van der Waals surface area (Å²) in [6, 6.07) is 4.47. The van der Waals surface area contributed by atoms with Crippen LogP contribution in [0, 0.1) is 0 Å². The highest BCUT2D eigenvalue weighted by molar-refractivity contribution is 5.30. The van der Waals surface area contributed by atoms with E-state index in [1.165, 1.54) is 12.1 Å². The lowest BCUT2D eigenvalue weighted by Crippen LogP contribution is -2.09. The zero-order chi connectivity index (χ0) is 14.8. The smallest absolute Gasteiger partial charge is 0.416 e. The number of nitrogens with zero attached hydrogens (tertiary/aromatic N) is 3. The Bertz CT molecular complexity index is 597. The van der Waals surface area contributed by atoms with E-state index in [0.717, 1.165) is 12.1 Å². The van der Waals surface area contributed by atoms with Crippen molar-refractivity contribution in [3.05, 3.63) is 35.7 Å². The summed E-state index contributed by atoms with van der Waals surface area (Å²) in [5, 5.41) is 0. The molecule has 0 aliphatic carbocycles. The summed E-state index contributed by atoms with van der Waals surface area (Å²) in [7, 11) is 0. The van der Waals surface area contributed by atoms with Crippen molar-refractivity contribution in [2.45, 2.75) is 12.8 Å². The highest BCUT2D eigenvalue weighted by Crippen LogP contribution is 2.31. The van der Waals surface area contributed by atoms with E-state index in [-0.39, 0.29) is 30.1 Å². The van der Waals surface area contributed by atoms with Crippen LogP contribution in [-0.4, -0.2) is 15.0 Å². The molecule has 0 aliphatic heterocycles. The number of alkyl halides is 3. The topological polar surface area (TPSA) is 99.9 Å². The molecule has 0 saturated carbocycles. The lowest BCUT2D eigenvalue weighted by molar-refractivity contribution is -0.137. The van der Waals surface area contributed by atoms with Crippen molar-refractivity contribution in [1.29, 1.82) is 0 Å². The van der Waals surface area contributed by atoms with Gasteiger partial charge in [0.05, 0.1) is 5.56 Å². The summed E-state index contributed by atoms with van der Waals surface area (Å²) in [4.78, 5) is 11.1. The largest absolute Gasteiger partial charge is 0.486 e. The highest BCUT2D eigenvalue weighted by atomic mass is 19.4. The first-order valence-corrected chi connectivity index (χ1v) is 5.40. The summed E-state index contributed by atoms with van der Waals surface area (Å²) in [6.07, 6.45) is -4.43. The molecule has 0 aliphatic rings. The normalized spacial score (nSPS) is 11.3. The first-order valence-electron chi connectivity index (χ1n) is 5.40. The Morgan fingerprint density at radius 3 is 2.30 bits per heavy atom. The Hall–Kier alpha value is -2.58. The second-order valence-corrected chi connectivity index (χ2v) is 3.78. The fraction of sp³-hybridized carbons (Fsp3) is 0.182. The molecule has 1 heterocycles.